The molecule has 0 saturated carbocycles. The average Bonchev–Trinajstić information content (AvgIpc) is 2.17. The van der Waals surface area contributed by atoms with Gasteiger partial charge in [0.1, 0.15) is 6.33 Å². The van der Waals surface area contributed by atoms with Crippen LogP contribution in [0.2, 0.25) is 0 Å². The molecule has 0 bridgehead atoms. The number of nitrogens with zero attached hydrogens (tertiary/aromatic N) is 3. The van der Waals surface area contributed by atoms with Gasteiger partial charge < -0.3 is 0 Å². The molecule has 0 aliphatic carbocycles. The van der Waals surface area contributed by atoms with Gasteiger partial charge in [0.2, 0.25) is 0 Å². The lowest BCUT2D eigenvalue weighted by atomic mass is 10.2. The van der Waals surface area contributed by atoms with Crippen molar-refractivity contribution in [1.82, 2.24) is 9.97 Å². The maximum absolute atomic E-state index is 4.11. The number of fused-ring (bicyclic) bond motifs is 1. The zero-order chi connectivity index (χ0) is 8.39. The lowest BCUT2D eigenvalue weighted by Gasteiger charge is -1.97. The summed E-state index contributed by atoms with van der Waals surface area (Å²) in [6, 6.07) is 5.74. The molecule has 0 radical (unpaired) electrons. The molecule has 12 heavy (non-hydrogen) atoms. The molecule has 1 aromatic carbocycles. The van der Waals surface area contributed by atoms with Crippen molar-refractivity contribution in [3.8, 4) is 0 Å². The van der Waals surface area contributed by atoms with E-state index in [2.05, 4.69) is 21.7 Å². The molecule has 3 nitrogen and oxygen atoms in total. The highest BCUT2D eigenvalue weighted by Gasteiger charge is 1.97. The summed E-state index contributed by atoms with van der Waals surface area (Å²) in [5.74, 6) is 0. The molecule has 3 heteroatoms. The van der Waals surface area contributed by atoms with Gasteiger partial charge in [-0.25, -0.2) is 9.97 Å². The van der Waals surface area contributed by atoms with E-state index in [-0.39, 0.29) is 0 Å². The monoisotopic (exact) mass is 157 g/mol. The predicted octanol–water partition coefficient (Wildman–Crippen LogP) is 1.96. The third-order valence-corrected chi connectivity index (χ3v) is 1.68. The first-order valence-corrected chi connectivity index (χ1v) is 3.57. The molecule has 1 heterocycles. The molecule has 0 aliphatic rings. The molecular formula is C9H7N3. The Morgan fingerprint density at radius 2 is 2.25 bits per heavy atom. The van der Waals surface area contributed by atoms with Gasteiger partial charge in [-0.3, -0.25) is 4.99 Å². The minimum Gasteiger partial charge on any atom is -0.262 e. The van der Waals surface area contributed by atoms with Crippen LogP contribution in [0.1, 0.15) is 0 Å². The van der Waals surface area contributed by atoms with Gasteiger partial charge in [0.05, 0.1) is 11.2 Å². The largest absolute Gasteiger partial charge is 0.262 e. The Balaban J connectivity index is 2.88. The van der Waals surface area contributed by atoms with Crippen LogP contribution >= 0.6 is 0 Å². The molecule has 0 fully saturated rings. The highest BCUT2D eigenvalue weighted by molar-refractivity contribution is 5.88. The second-order valence-electron chi connectivity index (χ2n) is 2.40. The third kappa shape index (κ3) is 0.955. The summed E-state index contributed by atoms with van der Waals surface area (Å²) in [6.07, 6.45) is 3.27. The molecule has 0 saturated heterocycles. The Bertz CT molecular complexity index is 418. The van der Waals surface area contributed by atoms with Crippen LogP contribution in [0.25, 0.3) is 10.9 Å². The number of hydrogen-bond acceptors (Lipinski definition) is 3. The number of aliphatic imine (C=N–C) groups is 1. The molecule has 0 unspecified atom stereocenters. The van der Waals surface area contributed by atoms with Crippen LogP contribution in [0.3, 0.4) is 0 Å². The Morgan fingerprint density at radius 3 is 3.08 bits per heavy atom. The molecule has 0 amide bonds. The summed E-state index contributed by atoms with van der Waals surface area (Å²) < 4.78 is 0. The fourth-order valence-corrected chi connectivity index (χ4v) is 1.13. The van der Waals surface area contributed by atoms with Crippen LogP contribution in [0, 0.1) is 0 Å². The van der Waals surface area contributed by atoms with Crippen molar-refractivity contribution in [2.75, 3.05) is 0 Å². The standard InChI is InChI=1S/C9H7N3/c1-10-8-4-2-3-7-5-11-6-12-9(7)8/h2-6H,1H2. The van der Waals surface area contributed by atoms with Crippen molar-refractivity contribution in [2.45, 2.75) is 0 Å². The first-order chi connectivity index (χ1) is 5.92. The van der Waals surface area contributed by atoms with Gasteiger partial charge in [-0.05, 0) is 12.8 Å². The summed E-state index contributed by atoms with van der Waals surface area (Å²) in [7, 11) is 0. The summed E-state index contributed by atoms with van der Waals surface area (Å²) in [6.45, 7) is 3.47. The van der Waals surface area contributed by atoms with Crippen LogP contribution in [0.15, 0.2) is 35.7 Å². The highest BCUT2D eigenvalue weighted by Crippen LogP contribution is 2.21. The number of para-hydroxylation sites is 1. The molecule has 0 spiro atoms. The van der Waals surface area contributed by atoms with E-state index in [0.29, 0.717) is 0 Å². The Morgan fingerprint density at radius 1 is 1.33 bits per heavy atom. The van der Waals surface area contributed by atoms with Gasteiger partial charge in [-0.1, -0.05) is 12.1 Å². The lowest BCUT2D eigenvalue weighted by molar-refractivity contribution is 1.22. The summed E-state index contributed by atoms with van der Waals surface area (Å²) >= 11 is 0. The van der Waals surface area contributed by atoms with Gasteiger partial charge in [0.15, 0.2) is 0 Å². The quantitative estimate of drug-likeness (QED) is 0.593. The van der Waals surface area contributed by atoms with E-state index >= 15 is 0 Å². The zero-order valence-electron chi connectivity index (χ0n) is 6.44. The number of aromatic nitrogens is 2. The number of rotatable bonds is 1. The molecular weight excluding hydrogens is 150 g/mol. The van der Waals surface area contributed by atoms with Crippen LogP contribution < -0.4 is 0 Å². The van der Waals surface area contributed by atoms with Crippen molar-refractivity contribution >= 4 is 23.3 Å². The Labute approximate surface area is 69.8 Å². The van der Waals surface area contributed by atoms with E-state index in [0.717, 1.165) is 16.6 Å². The molecule has 58 valence electrons. The third-order valence-electron chi connectivity index (χ3n) is 1.68. The maximum atomic E-state index is 4.11. The molecule has 1 aromatic heterocycles. The topological polar surface area (TPSA) is 38.1 Å². The normalized spacial score (nSPS) is 10.0. The van der Waals surface area contributed by atoms with Gasteiger partial charge in [0.25, 0.3) is 0 Å². The van der Waals surface area contributed by atoms with Crippen molar-refractivity contribution in [2.24, 2.45) is 4.99 Å². The van der Waals surface area contributed by atoms with Crippen molar-refractivity contribution < 1.29 is 0 Å². The summed E-state index contributed by atoms with van der Waals surface area (Å²) in [4.78, 5) is 11.9. The predicted molar refractivity (Wildman–Crippen MR) is 48.7 cm³/mol. The number of hydrogen-bond donors (Lipinski definition) is 0. The van der Waals surface area contributed by atoms with E-state index in [1.54, 1.807) is 6.20 Å². The van der Waals surface area contributed by atoms with Crippen LogP contribution in [0.4, 0.5) is 5.69 Å². The van der Waals surface area contributed by atoms with E-state index in [4.69, 9.17) is 0 Å². The molecule has 2 rings (SSSR count). The zero-order valence-corrected chi connectivity index (χ0v) is 6.44. The summed E-state index contributed by atoms with van der Waals surface area (Å²) in [5, 5.41) is 0.988. The first-order valence-electron chi connectivity index (χ1n) is 3.57. The fourth-order valence-electron chi connectivity index (χ4n) is 1.13. The van der Waals surface area contributed by atoms with E-state index in [9.17, 15) is 0 Å². The number of benzene rings is 1. The van der Waals surface area contributed by atoms with Crippen molar-refractivity contribution in [3.63, 3.8) is 0 Å². The van der Waals surface area contributed by atoms with Crippen LogP contribution in [0.5, 0.6) is 0 Å². The average molecular weight is 157 g/mol. The Hall–Kier alpha value is -1.77. The lowest BCUT2D eigenvalue weighted by Crippen LogP contribution is -1.80. The molecule has 0 aliphatic heterocycles. The van der Waals surface area contributed by atoms with Crippen molar-refractivity contribution in [1.29, 1.82) is 0 Å². The van der Waals surface area contributed by atoms with Crippen molar-refractivity contribution in [3.05, 3.63) is 30.7 Å². The first kappa shape index (κ1) is 6.91. The minimum atomic E-state index is 0.801. The highest BCUT2D eigenvalue weighted by atomic mass is 14.8. The van der Waals surface area contributed by atoms with Gasteiger partial charge >= 0.3 is 0 Å². The SMILES string of the molecule is C=Nc1cccc2cncnc12. The minimum absolute atomic E-state index is 0.801. The van der Waals surface area contributed by atoms with E-state index in [1.165, 1.54) is 6.33 Å². The van der Waals surface area contributed by atoms with Gasteiger partial charge in [-0.2, -0.15) is 0 Å². The van der Waals surface area contributed by atoms with Crippen LogP contribution in [-0.2, 0) is 0 Å². The molecule has 0 atom stereocenters. The smallest absolute Gasteiger partial charge is 0.116 e. The van der Waals surface area contributed by atoms with Gasteiger partial charge in [0, 0.05) is 11.6 Å². The molecule has 2 aromatic rings. The van der Waals surface area contributed by atoms with E-state index < -0.39 is 0 Å². The van der Waals surface area contributed by atoms with E-state index in [1.807, 2.05) is 18.2 Å². The van der Waals surface area contributed by atoms with Crippen LogP contribution in [-0.4, -0.2) is 16.7 Å². The molecule has 0 N–H and O–H groups in total. The fraction of sp³-hybridized carbons (Fsp3) is 0. The maximum Gasteiger partial charge on any atom is 0.116 e. The van der Waals surface area contributed by atoms with Gasteiger partial charge in [-0.15, -0.1) is 0 Å². The Kier molecular flexibility index (Phi) is 1.55. The second-order valence-corrected chi connectivity index (χ2v) is 2.40. The summed E-state index contributed by atoms with van der Waals surface area (Å²) in [5.41, 5.74) is 1.65. The second kappa shape index (κ2) is 2.70.